The summed E-state index contributed by atoms with van der Waals surface area (Å²) in [6.45, 7) is 4.04. The molecule has 1 heterocycles. The summed E-state index contributed by atoms with van der Waals surface area (Å²) in [4.78, 5) is 2.89. The third-order valence-corrected chi connectivity index (χ3v) is 5.21. The molecule has 0 fully saturated rings. The van der Waals surface area contributed by atoms with Gasteiger partial charge in [0.1, 0.15) is 10.6 Å². The van der Waals surface area contributed by atoms with Crippen molar-refractivity contribution in [1.82, 2.24) is 9.29 Å². The summed E-state index contributed by atoms with van der Waals surface area (Å²) in [5.41, 5.74) is 4.73. The average Bonchev–Trinajstić information content (AvgIpc) is 2.43. The Morgan fingerprint density at radius 3 is 2.32 bits per heavy atom. The van der Waals surface area contributed by atoms with Crippen LogP contribution in [-0.4, -0.2) is 37.3 Å². The number of rotatable bonds is 6. The fourth-order valence-electron chi connectivity index (χ4n) is 1.66. The van der Waals surface area contributed by atoms with Crippen molar-refractivity contribution in [1.29, 1.82) is 0 Å². The lowest BCUT2D eigenvalue weighted by Crippen LogP contribution is -2.34. The van der Waals surface area contributed by atoms with E-state index in [9.17, 15) is 21.6 Å². The van der Waals surface area contributed by atoms with Gasteiger partial charge in [-0.05, 0) is 24.5 Å². The molecule has 1 atom stereocenters. The Balaban J connectivity index is 2.85. The number of sulfonamides is 1. The van der Waals surface area contributed by atoms with E-state index in [0.29, 0.717) is 12.5 Å². The van der Waals surface area contributed by atoms with Crippen LogP contribution in [-0.2, 0) is 16.2 Å². The van der Waals surface area contributed by atoms with Gasteiger partial charge in [0.25, 0.3) is 0 Å². The standard InChI is InChI=1S/C13H20F3N3O2S/c1-9(2)11(17)6-7-19(3)22(20,21)10-4-5-12(18-8-10)13(14,15)16/h4-5,8-9,11H,6-7,17H2,1-3H3. The maximum absolute atomic E-state index is 12.4. The highest BCUT2D eigenvalue weighted by Crippen LogP contribution is 2.28. The van der Waals surface area contributed by atoms with Gasteiger partial charge in [-0.25, -0.2) is 12.7 Å². The van der Waals surface area contributed by atoms with Crippen molar-refractivity contribution in [3.63, 3.8) is 0 Å². The molecule has 0 bridgehead atoms. The van der Waals surface area contributed by atoms with E-state index in [1.54, 1.807) is 0 Å². The molecular formula is C13H20F3N3O2S. The predicted octanol–water partition coefficient (Wildman–Crippen LogP) is 2.09. The van der Waals surface area contributed by atoms with Crippen LogP contribution in [0.25, 0.3) is 0 Å². The number of halogens is 3. The molecular weight excluding hydrogens is 319 g/mol. The summed E-state index contributed by atoms with van der Waals surface area (Å²) in [6.07, 6.45) is -3.42. The van der Waals surface area contributed by atoms with Crippen molar-refractivity contribution in [3.05, 3.63) is 24.0 Å². The van der Waals surface area contributed by atoms with Crippen LogP contribution >= 0.6 is 0 Å². The molecule has 0 radical (unpaired) electrons. The van der Waals surface area contributed by atoms with Crippen molar-refractivity contribution >= 4 is 10.0 Å². The van der Waals surface area contributed by atoms with Crippen molar-refractivity contribution in [2.24, 2.45) is 11.7 Å². The molecule has 5 nitrogen and oxygen atoms in total. The summed E-state index contributed by atoms with van der Waals surface area (Å²) in [5, 5.41) is 0. The molecule has 126 valence electrons. The summed E-state index contributed by atoms with van der Waals surface area (Å²) >= 11 is 0. The highest BCUT2D eigenvalue weighted by atomic mass is 32.2. The highest BCUT2D eigenvalue weighted by Gasteiger charge is 2.33. The van der Waals surface area contributed by atoms with Crippen molar-refractivity contribution in [3.8, 4) is 0 Å². The second kappa shape index (κ2) is 6.93. The van der Waals surface area contributed by atoms with Crippen LogP contribution in [0.1, 0.15) is 26.0 Å². The molecule has 0 aliphatic rings. The van der Waals surface area contributed by atoms with Gasteiger partial charge in [-0.15, -0.1) is 0 Å². The van der Waals surface area contributed by atoms with Crippen LogP contribution < -0.4 is 5.73 Å². The Bertz CT molecular complexity index is 586. The van der Waals surface area contributed by atoms with E-state index >= 15 is 0 Å². The fourth-order valence-corrected chi connectivity index (χ4v) is 2.80. The minimum Gasteiger partial charge on any atom is -0.327 e. The molecule has 9 heteroatoms. The van der Waals surface area contributed by atoms with Crippen LogP contribution in [0.15, 0.2) is 23.2 Å². The van der Waals surface area contributed by atoms with Gasteiger partial charge < -0.3 is 5.73 Å². The molecule has 0 aromatic carbocycles. The van der Waals surface area contributed by atoms with Crippen molar-refractivity contribution < 1.29 is 21.6 Å². The van der Waals surface area contributed by atoms with Gasteiger partial charge in [0, 0.05) is 25.8 Å². The Morgan fingerprint density at radius 2 is 1.91 bits per heavy atom. The predicted molar refractivity (Wildman–Crippen MR) is 76.5 cm³/mol. The Morgan fingerprint density at radius 1 is 1.32 bits per heavy atom. The second-order valence-electron chi connectivity index (χ2n) is 5.40. The van der Waals surface area contributed by atoms with Gasteiger partial charge in [0.2, 0.25) is 10.0 Å². The first-order valence-corrected chi connectivity index (χ1v) is 8.15. The molecule has 2 N–H and O–H groups in total. The maximum atomic E-state index is 12.4. The summed E-state index contributed by atoms with van der Waals surface area (Å²) < 4.78 is 62.8. The first-order chi connectivity index (χ1) is 9.96. The number of hydrogen-bond acceptors (Lipinski definition) is 4. The summed E-state index contributed by atoms with van der Waals surface area (Å²) in [5.74, 6) is 0.212. The fraction of sp³-hybridized carbons (Fsp3) is 0.615. The van der Waals surface area contributed by atoms with Crippen LogP contribution in [0, 0.1) is 5.92 Å². The van der Waals surface area contributed by atoms with E-state index in [-0.39, 0.29) is 23.4 Å². The number of hydrogen-bond donors (Lipinski definition) is 1. The number of pyridine rings is 1. The molecule has 1 aromatic rings. The molecule has 1 rings (SSSR count). The third kappa shape index (κ3) is 4.65. The van der Waals surface area contributed by atoms with Gasteiger partial charge in [0.15, 0.2) is 0 Å². The molecule has 0 amide bonds. The largest absolute Gasteiger partial charge is 0.433 e. The smallest absolute Gasteiger partial charge is 0.327 e. The lowest BCUT2D eigenvalue weighted by atomic mass is 10.0. The Labute approximate surface area is 128 Å². The zero-order chi connectivity index (χ0) is 17.1. The normalized spacial score (nSPS) is 14.6. The lowest BCUT2D eigenvalue weighted by molar-refractivity contribution is -0.141. The van der Waals surface area contributed by atoms with Crippen molar-refractivity contribution in [2.75, 3.05) is 13.6 Å². The Kier molecular flexibility index (Phi) is 5.94. The maximum Gasteiger partial charge on any atom is 0.433 e. The first kappa shape index (κ1) is 18.9. The summed E-state index contributed by atoms with van der Waals surface area (Å²) in [6, 6.07) is 1.41. The first-order valence-electron chi connectivity index (χ1n) is 6.71. The zero-order valence-electron chi connectivity index (χ0n) is 12.6. The lowest BCUT2D eigenvalue weighted by Gasteiger charge is -2.21. The number of alkyl halides is 3. The Hall–Kier alpha value is -1.19. The van der Waals surface area contributed by atoms with E-state index in [0.717, 1.165) is 16.6 Å². The minimum absolute atomic E-state index is 0.150. The van der Waals surface area contributed by atoms with Gasteiger partial charge >= 0.3 is 6.18 Å². The topological polar surface area (TPSA) is 76.3 Å². The van der Waals surface area contributed by atoms with E-state index < -0.39 is 21.9 Å². The van der Waals surface area contributed by atoms with Crippen molar-refractivity contribution in [2.45, 2.75) is 37.4 Å². The van der Waals surface area contributed by atoms with Crippen LogP contribution in [0.3, 0.4) is 0 Å². The van der Waals surface area contributed by atoms with Gasteiger partial charge in [-0.3, -0.25) is 4.98 Å². The minimum atomic E-state index is -4.60. The number of nitrogens with zero attached hydrogens (tertiary/aromatic N) is 2. The molecule has 0 saturated carbocycles. The molecule has 1 unspecified atom stereocenters. The average molecular weight is 339 g/mol. The monoisotopic (exact) mass is 339 g/mol. The number of aromatic nitrogens is 1. The zero-order valence-corrected chi connectivity index (χ0v) is 13.4. The second-order valence-corrected chi connectivity index (χ2v) is 7.44. The van der Waals surface area contributed by atoms with Crippen LogP contribution in [0.5, 0.6) is 0 Å². The summed E-state index contributed by atoms with van der Waals surface area (Å²) in [7, 11) is -2.51. The molecule has 1 aromatic heterocycles. The SMILES string of the molecule is CC(C)C(N)CCN(C)S(=O)(=O)c1ccc(C(F)(F)F)nc1. The van der Waals surface area contributed by atoms with Crippen LogP contribution in [0.2, 0.25) is 0 Å². The number of nitrogens with two attached hydrogens (primary N) is 1. The van der Waals surface area contributed by atoms with Gasteiger partial charge in [0.05, 0.1) is 0 Å². The molecule has 0 aliphatic heterocycles. The van der Waals surface area contributed by atoms with Gasteiger partial charge in [-0.2, -0.15) is 13.2 Å². The van der Waals surface area contributed by atoms with E-state index in [2.05, 4.69) is 4.98 Å². The van der Waals surface area contributed by atoms with Crippen LogP contribution in [0.4, 0.5) is 13.2 Å². The van der Waals surface area contributed by atoms with E-state index in [4.69, 9.17) is 5.73 Å². The van der Waals surface area contributed by atoms with E-state index in [1.165, 1.54) is 7.05 Å². The molecule has 0 saturated heterocycles. The molecule has 0 aliphatic carbocycles. The molecule has 22 heavy (non-hydrogen) atoms. The van der Waals surface area contributed by atoms with E-state index in [1.807, 2.05) is 13.8 Å². The quantitative estimate of drug-likeness (QED) is 0.861. The third-order valence-electron chi connectivity index (χ3n) is 3.37. The highest BCUT2D eigenvalue weighted by molar-refractivity contribution is 7.89. The van der Waals surface area contributed by atoms with Gasteiger partial charge in [-0.1, -0.05) is 13.8 Å². The molecule has 0 spiro atoms.